The molecule has 124 valence electrons. The monoisotopic (exact) mass is 341 g/mol. The van der Waals surface area contributed by atoms with Crippen LogP contribution in [0.25, 0.3) is 0 Å². The molecule has 0 bridgehead atoms. The third kappa shape index (κ3) is 5.59. The summed E-state index contributed by atoms with van der Waals surface area (Å²) >= 11 is 1.60. The number of hydrogen-bond donors (Lipinski definition) is 2. The second-order valence-electron chi connectivity index (χ2n) is 4.88. The molecule has 1 aromatic heterocycles. The van der Waals surface area contributed by atoms with Gasteiger partial charge in [-0.1, -0.05) is 12.1 Å². The predicted octanol–water partition coefficient (Wildman–Crippen LogP) is 4.02. The van der Waals surface area contributed by atoms with E-state index in [0.717, 1.165) is 17.7 Å². The normalized spacial score (nSPS) is 12.3. The number of nitrogens with one attached hydrogen (secondary N) is 2. The van der Waals surface area contributed by atoms with Crippen LogP contribution in [0, 0.1) is 0 Å². The Bertz CT molecular complexity index is 636. The Hall–Kier alpha value is -2.02. The minimum absolute atomic E-state index is 0.277. The van der Waals surface area contributed by atoms with Gasteiger partial charge in [-0.2, -0.15) is 24.5 Å². The van der Waals surface area contributed by atoms with Gasteiger partial charge in [-0.25, -0.2) is 4.99 Å². The van der Waals surface area contributed by atoms with Crippen molar-refractivity contribution in [1.29, 1.82) is 0 Å². The van der Waals surface area contributed by atoms with E-state index in [1.165, 1.54) is 6.07 Å². The molecular weight excluding hydrogens is 323 g/mol. The highest BCUT2D eigenvalue weighted by molar-refractivity contribution is 7.07. The second kappa shape index (κ2) is 8.01. The lowest BCUT2D eigenvalue weighted by molar-refractivity contribution is -0.137. The molecule has 2 N–H and O–H groups in total. The quantitative estimate of drug-likeness (QED) is 0.636. The average Bonchev–Trinajstić information content (AvgIpc) is 3.03. The first-order valence-electron chi connectivity index (χ1n) is 7.18. The average molecular weight is 341 g/mol. The molecule has 0 aliphatic heterocycles. The lowest BCUT2D eigenvalue weighted by atomic mass is 10.1. The summed E-state index contributed by atoms with van der Waals surface area (Å²) in [5.41, 5.74) is 1.02. The van der Waals surface area contributed by atoms with Crippen molar-refractivity contribution in [1.82, 2.24) is 10.6 Å². The summed E-state index contributed by atoms with van der Waals surface area (Å²) < 4.78 is 38.1. The van der Waals surface area contributed by atoms with Crippen molar-refractivity contribution in [3.63, 3.8) is 0 Å². The van der Waals surface area contributed by atoms with E-state index < -0.39 is 11.7 Å². The molecular formula is C16H18F3N3S. The van der Waals surface area contributed by atoms with Gasteiger partial charge in [0, 0.05) is 13.1 Å². The maximum Gasteiger partial charge on any atom is 0.416 e. The fraction of sp³-hybridized carbons (Fsp3) is 0.312. The zero-order valence-electron chi connectivity index (χ0n) is 12.7. The van der Waals surface area contributed by atoms with Gasteiger partial charge >= 0.3 is 6.18 Å². The zero-order chi connectivity index (χ0) is 16.7. The molecule has 0 saturated heterocycles. The molecule has 0 fully saturated rings. The molecule has 0 saturated carbocycles. The molecule has 23 heavy (non-hydrogen) atoms. The van der Waals surface area contributed by atoms with Crippen LogP contribution in [0.1, 0.15) is 23.6 Å². The number of aliphatic imine (C=N–C) groups is 1. The Labute approximate surface area is 137 Å². The van der Waals surface area contributed by atoms with Crippen LogP contribution in [0.5, 0.6) is 0 Å². The molecule has 1 aromatic carbocycles. The van der Waals surface area contributed by atoms with Gasteiger partial charge in [0.2, 0.25) is 0 Å². The number of hydrogen-bond acceptors (Lipinski definition) is 2. The predicted molar refractivity (Wildman–Crippen MR) is 87.4 cm³/mol. The van der Waals surface area contributed by atoms with Gasteiger partial charge in [-0.15, -0.1) is 0 Å². The summed E-state index contributed by atoms with van der Waals surface area (Å²) in [6, 6.07) is 7.28. The van der Waals surface area contributed by atoms with E-state index in [2.05, 4.69) is 15.6 Å². The van der Waals surface area contributed by atoms with E-state index in [1.807, 2.05) is 23.8 Å². The maximum absolute atomic E-state index is 12.7. The van der Waals surface area contributed by atoms with Crippen LogP contribution in [-0.4, -0.2) is 12.5 Å². The van der Waals surface area contributed by atoms with Gasteiger partial charge in [0.05, 0.1) is 12.1 Å². The number of alkyl halides is 3. The number of nitrogens with zero attached hydrogens (tertiary/aromatic N) is 1. The highest BCUT2D eigenvalue weighted by atomic mass is 32.1. The Morgan fingerprint density at radius 2 is 2.00 bits per heavy atom. The highest BCUT2D eigenvalue weighted by Crippen LogP contribution is 2.29. The molecule has 0 atom stereocenters. The van der Waals surface area contributed by atoms with Crippen LogP contribution in [0.2, 0.25) is 0 Å². The number of thiophene rings is 1. The SMILES string of the molecule is CCNC(=NCc1ccsc1)NCc1cccc(C(F)(F)F)c1. The van der Waals surface area contributed by atoms with Crippen LogP contribution in [0.15, 0.2) is 46.1 Å². The summed E-state index contributed by atoms with van der Waals surface area (Å²) in [6.07, 6.45) is -4.33. The molecule has 7 heteroatoms. The van der Waals surface area contributed by atoms with Crippen molar-refractivity contribution < 1.29 is 13.2 Å². The van der Waals surface area contributed by atoms with Crippen molar-refractivity contribution >= 4 is 17.3 Å². The Kier molecular flexibility index (Phi) is 6.04. The van der Waals surface area contributed by atoms with Crippen LogP contribution in [0.3, 0.4) is 0 Å². The van der Waals surface area contributed by atoms with Crippen LogP contribution >= 0.6 is 11.3 Å². The molecule has 0 aliphatic carbocycles. The van der Waals surface area contributed by atoms with Gasteiger partial charge in [0.25, 0.3) is 0 Å². The summed E-state index contributed by atoms with van der Waals surface area (Å²) in [7, 11) is 0. The van der Waals surface area contributed by atoms with E-state index in [-0.39, 0.29) is 6.54 Å². The smallest absolute Gasteiger partial charge is 0.357 e. The lowest BCUT2D eigenvalue weighted by Crippen LogP contribution is -2.36. The summed E-state index contributed by atoms with van der Waals surface area (Å²) in [5.74, 6) is 0.580. The lowest BCUT2D eigenvalue weighted by Gasteiger charge is -2.12. The third-order valence-electron chi connectivity index (χ3n) is 3.06. The van der Waals surface area contributed by atoms with E-state index in [0.29, 0.717) is 24.6 Å². The molecule has 0 aliphatic rings. The van der Waals surface area contributed by atoms with E-state index in [9.17, 15) is 13.2 Å². The molecule has 2 rings (SSSR count). The minimum Gasteiger partial charge on any atom is -0.357 e. The number of rotatable bonds is 5. The largest absolute Gasteiger partial charge is 0.416 e. The molecule has 2 aromatic rings. The van der Waals surface area contributed by atoms with Gasteiger partial charge in [0.15, 0.2) is 5.96 Å². The van der Waals surface area contributed by atoms with Crippen LogP contribution in [0.4, 0.5) is 13.2 Å². The van der Waals surface area contributed by atoms with E-state index in [1.54, 1.807) is 17.4 Å². The van der Waals surface area contributed by atoms with Crippen LogP contribution in [-0.2, 0) is 19.3 Å². The van der Waals surface area contributed by atoms with E-state index in [4.69, 9.17) is 0 Å². The number of benzene rings is 1. The third-order valence-corrected chi connectivity index (χ3v) is 3.79. The standard InChI is InChI=1S/C16H18F3N3S/c1-2-20-15(22-10-13-6-7-23-11-13)21-9-12-4-3-5-14(8-12)16(17,18)19/h3-8,11H,2,9-10H2,1H3,(H2,20,21,22). The van der Waals surface area contributed by atoms with Crippen molar-refractivity contribution in [3.8, 4) is 0 Å². The number of halogens is 3. The molecule has 3 nitrogen and oxygen atoms in total. The molecule has 0 amide bonds. The zero-order valence-corrected chi connectivity index (χ0v) is 13.5. The van der Waals surface area contributed by atoms with Gasteiger partial charge in [-0.3, -0.25) is 0 Å². The Morgan fingerprint density at radius 3 is 2.65 bits per heavy atom. The second-order valence-corrected chi connectivity index (χ2v) is 5.66. The first-order chi connectivity index (χ1) is 11.0. The minimum atomic E-state index is -4.33. The maximum atomic E-state index is 12.7. The molecule has 1 heterocycles. The Morgan fingerprint density at radius 1 is 1.17 bits per heavy atom. The van der Waals surface area contributed by atoms with Crippen molar-refractivity contribution in [2.75, 3.05) is 6.54 Å². The van der Waals surface area contributed by atoms with Crippen LogP contribution < -0.4 is 10.6 Å². The fourth-order valence-corrected chi connectivity index (χ4v) is 2.60. The van der Waals surface area contributed by atoms with Gasteiger partial charge in [-0.05, 0) is 47.0 Å². The summed E-state index contributed by atoms with van der Waals surface area (Å²) in [4.78, 5) is 4.42. The molecule has 0 spiro atoms. The first-order valence-corrected chi connectivity index (χ1v) is 8.12. The highest BCUT2D eigenvalue weighted by Gasteiger charge is 2.30. The Balaban J connectivity index is 1.99. The molecule has 0 unspecified atom stereocenters. The molecule has 0 radical (unpaired) electrons. The van der Waals surface area contributed by atoms with E-state index >= 15 is 0 Å². The van der Waals surface area contributed by atoms with Gasteiger partial charge in [0.1, 0.15) is 0 Å². The van der Waals surface area contributed by atoms with Crippen molar-refractivity contribution in [3.05, 3.63) is 57.8 Å². The van der Waals surface area contributed by atoms with Crippen molar-refractivity contribution in [2.45, 2.75) is 26.2 Å². The first kappa shape index (κ1) is 17.3. The summed E-state index contributed by atoms with van der Waals surface area (Å²) in [5, 5.41) is 10.1. The number of guanidine groups is 1. The fourth-order valence-electron chi connectivity index (χ4n) is 1.94. The van der Waals surface area contributed by atoms with Crippen molar-refractivity contribution in [2.24, 2.45) is 4.99 Å². The topological polar surface area (TPSA) is 36.4 Å². The summed E-state index contributed by atoms with van der Waals surface area (Å²) in [6.45, 7) is 3.42. The van der Waals surface area contributed by atoms with Gasteiger partial charge < -0.3 is 10.6 Å².